The Morgan fingerprint density at radius 2 is 2.04 bits per heavy atom. The maximum absolute atomic E-state index is 11.8. The summed E-state index contributed by atoms with van der Waals surface area (Å²) in [5, 5.41) is 7.28. The topological polar surface area (TPSA) is 83.8 Å². The lowest BCUT2D eigenvalue weighted by Gasteiger charge is -2.33. The molecule has 0 spiro atoms. The Balaban J connectivity index is 1.45. The molecule has 7 nitrogen and oxygen atoms in total. The Hall–Kier alpha value is -2.54. The molecule has 3 rings (SSSR count). The number of benzene rings is 1. The minimum atomic E-state index is -0.367. The average molecular weight is 373 g/mol. The van der Waals surface area contributed by atoms with Gasteiger partial charge in [0.1, 0.15) is 17.9 Å². The van der Waals surface area contributed by atoms with E-state index in [1.807, 2.05) is 24.0 Å². The number of rotatable bonds is 6. The molecule has 1 aliphatic heterocycles. The van der Waals surface area contributed by atoms with Crippen LogP contribution in [0, 0.1) is 0 Å². The molecule has 0 bridgehead atoms. The van der Waals surface area contributed by atoms with Crippen LogP contribution in [0.1, 0.15) is 26.7 Å². The first-order valence-corrected chi connectivity index (χ1v) is 9.50. The van der Waals surface area contributed by atoms with Gasteiger partial charge >= 0.3 is 11.7 Å². The standard InChI is InChI=1S/C20H27N3O4/c1-3-21-20(25)23-10-8-16(9-11-23)22-14(2)13-26-17-6-4-15-5-7-19(24)27-18(15)12-17/h4-7,12,14,16,22H,3,8-11,13H2,1-2H3,(H,21,25)/t14-/m0/s1. The lowest BCUT2D eigenvalue weighted by atomic mass is 10.0. The zero-order chi connectivity index (χ0) is 19.2. The number of carbonyl (C=O) groups is 1. The molecule has 1 aliphatic rings. The van der Waals surface area contributed by atoms with Gasteiger partial charge in [-0.1, -0.05) is 0 Å². The molecule has 7 heteroatoms. The summed E-state index contributed by atoms with van der Waals surface area (Å²) in [6.45, 7) is 6.71. The van der Waals surface area contributed by atoms with Crippen molar-refractivity contribution in [2.24, 2.45) is 0 Å². The van der Waals surface area contributed by atoms with Crippen LogP contribution in [-0.2, 0) is 0 Å². The first-order valence-electron chi connectivity index (χ1n) is 9.50. The number of nitrogens with zero attached hydrogens (tertiary/aromatic N) is 1. The Morgan fingerprint density at radius 1 is 1.30 bits per heavy atom. The molecule has 1 saturated heterocycles. The second-order valence-electron chi connectivity index (χ2n) is 6.93. The van der Waals surface area contributed by atoms with Crippen LogP contribution in [0.5, 0.6) is 5.75 Å². The van der Waals surface area contributed by atoms with Crippen LogP contribution in [0.2, 0.25) is 0 Å². The molecule has 0 unspecified atom stereocenters. The van der Waals surface area contributed by atoms with Crippen molar-refractivity contribution < 1.29 is 13.9 Å². The molecule has 1 atom stereocenters. The molecule has 2 aromatic rings. The van der Waals surface area contributed by atoms with Crippen molar-refractivity contribution in [3.8, 4) is 5.75 Å². The molecule has 27 heavy (non-hydrogen) atoms. The van der Waals surface area contributed by atoms with E-state index in [0.717, 1.165) is 31.3 Å². The summed E-state index contributed by atoms with van der Waals surface area (Å²) < 4.78 is 11.0. The number of hydrogen-bond donors (Lipinski definition) is 2. The fourth-order valence-corrected chi connectivity index (χ4v) is 3.31. The number of hydrogen-bond acceptors (Lipinski definition) is 5. The highest BCUT2D eigenvalue weighted by molar-refractivity contribution is 5.77. The van der Waals surface area contributed by atoms with Crippen LogP contribution in [-0.4, -0.2) is 49.3 Å². The van der Waals surface area contributed by atoms with Crippen molar-refractivity contribution in [1.82, 2.24) is 15.5 Å². The molecule has 0 aliphatic carbocycles. The quantitative estimate of drug-likeness (QED) is 0.760. The van der Waals surface area contributed by atoms with Crippen molar-refractivity contribution in [1.29, 1.82) is 0 Å². The Kier molecular flexibility index (Phi) is 6.34. The predicted molar refractivity (Wildman–Crippen MR) is 104 cm³/mol. The van der Waals surface area contributed by atoms with E-state index in [-0.39, 0.29) is 17.7 Å². The van der Waals surface area contributed by atoms with E-state index in [1.165, 1.54) is 6.07 Å². The van der Waals surface area contributed by atoms with Crippen LogP contribution < -0.4 is 21.0 Å². The summed E-state index contributed by atoms with van der Waals surface area (Å²) in [4.78, 5) is 25.1. The van der Waals surface area contributed by atoms with Gasteiger partial charge in [-0.2, -0.15) is 0 Å². The second-order valence-corrected chi connectivity index (χ2v) is 6.93. The maximum atomic E-state index is 11.8. The van der Waals surface area contributed by atoms with Crippen LogP contribution in [0.3, 0.4) is 0 Å². The van der Waals surface area contributed by atoms with Crippen molar-refractivity contribution >= 4 is 17.0 Å². The number of ether oxygens (including phenoxy) is 1. The molecule has 1 aromatic carbocycles. The first-order chi connectivity index (χ1) is 13.0. The minimum Gasteiger partial charge on any atom is -0.492 e. The molecular formula is C20H27N3O4. The molecule has 1 aromatic heterocycles. The third kappa shape index (κ3) is 5.23. The molecule has 2 heterocycles. The molecule has 2 amide bonds. The van der Waals surface area contributed by atoms with E-state index in [1.54, 1.807) is 12.1 Å². The van der Waals surface area contributed by atoms with Crippen LogP contribution in [0.4, 0.5) is 4.79 Å². The molecular weight excluding hydrogens is 346 g/mol. The molecule has 2 N–H and O–H groups in total. The zero-order valence-corrected chi connectivity index (χ0v) is 15.9. The number of amides is 2. The van der Waals surface area contributed by atoms with Gasteiger partial charge in [0.05, 0.1) is 0 Å². The normalized spacial score (nSPS) is 16.3. The van der Waals surface area contributed by atoms with E-state index in [0.29, 0.717) is 30.5 Å². The van der Waals surface area contributed by atoms with E-state index in [2.05, 4.69) is 17.6 Å². The van der Waals surface area contributed by atoms with Gasteiger partial charge in [0.15, 0.2) is 0 Å². The SMILES string of the molecule is CCNC(=O)N1CCC(N[C@@H](C)COc2ccc3ccc(=O)oc3c2)CC1. The first kappa shape index (κ1) is 19.2. The second kappa shape index (κ2) is 8.90. The number of fused-ring (bicyclic) bond motifs is 1. The smallest absolute Gasteiger partial charge is 0.336 e. The van der Waals surface area contributed by atoms with Gasteiger partial charge in [-0.3, -0.25) is 0 Å². The molecule has 0 radical (unpaired) electrons. The Morgan fingerprint density at radius 3 is 2.78 bits per heavy atom. The van der Waals surface area contributed by atoms with E-state index < -0.39 is 0 Å². The fourth-order valence-electron chi connectivity index (χ4n) is 3.31. The summed E-state index contributed by atoms with van der Waals surface area (Å²) in [6, 6.07) is 9.22. The van der Waals surface area contributed by atoms with Gasteiger partial charge in [0.25, 0.3) is 0 Å². The van der Waals surface area contributed by atoms with Crippen molar-refractivity contribution in [2.45, 2.75) is 38.8 Å². The van der Waals surface area contributed by atoms with Gasteiger partial charge in [-0.05, 0) is 44.9 Å². The summed E-state index contributed by atoms with van der Waals surface area (Å²) in [7, 11) is 0. The van der Waals surface area contributed by atoms with Gasteiger partial charge in [-0.15, -0.1) is 0 Å². The van der Waals surface area contributed by atoms with Crippen LogP contribution >= 0.6 is 0 Å². The highest BCUT2D eigenvalue weighted by Crippen LogP contribution is 2.19. The lowest BCUT2D eigenvalue weighted by Crippen LogP contribution is -2.50. The fraction of sp³-hybridized carbons (Fsp3) is 0.500. The number of piperidine rings is 1. The number of likely N-dealkylation sites (tertiary alicyclic amines) is 1. The van der Waals surface area contributed by atoms with Gasteiger partial charge < -0.3 is 24.7 Å². The van der Waals surface area contributed by atoms with Crippen LogP contribution in [0.25, 0.3) is 11.0 Å². The Labute approximate surface area is 158 Å². The summed E-state index contributed by atoms with van der Waals surface area (Å²) in [5.74, 6) is 0.677. The predicted octanol–water partition coefficient (Wildman–Crippen LogP) is 2.34. The van der Waals surface area contributed by atoms with E-state index in [9.17, 15) is 9.59 Å². The van der Waals surface area contributed by atoms with Gasteiger partial charge in [0, 0.05) is 49.2 Å². The third-order valence-corrected chi connectivity index (χ3v) is 4.72. The number of carbonyl (C=O) groups excluding carboxylic acids is 1. The highest BCUT2D eigenvalue weighted by atomic mass is 16.5. The van der Waals surface area contributed by atoms with Crippen LogP contribution in [0.15, 0.2) is 39.5 Å². The van der Waals surface area contributed by atoms with Crippen molar-refractivity contribution in [2.75, 3.05) is 26.2 Å². The Bertz CT molecular complexity index is 827. The van der Waals surface area contributed by atoms with Crippen molar-refractivity contribution in [3.63, 3.8) is 0 Å². The maximum Gasteiger partial charge on any atom is 0.336 e. The van der Waals surface area contributed by atoms with E-state index >= 15 is 0 Å². The number of urea groups is 1. The largest absolute Gasteiger partial charge is 0.492 e. The number of nitrogens with one attached hydrogen (secondary N) is 2. The monoisotopic (exact) mass is 373 g/mol. The van der Waals surface area contributed by atoms with E-state index in [4.69, 9.17) is 9.15 Å². The zero-order valence-electron chi connectivity index (χ0n) is 15.9. The highest BCUT2D eigenvalue weighted by Gasteiger charge is 2.23. The third-order valence-electron chi connectivity index (χ3n) is 4.72. The van der Waals surface area contributed by atoms with Crippen molar-refractivity contribution in [3.05, 3.63) is 40.8 Å². The molecule has 1 fully saturated rings. The lowest BCUT2D eigenvalue weighted by molar-refractivity contribution is 0.170. The van der Waals surface area contributed by atoms with Gasteiger partial charge in [-0.25, -0.2) is 9.59 Å². The average Bonchev–Trinajstić information content (AvgIpc) is 2.66. The van der Waals surface area contributed by atoms with Gasteiger partial charge in [0.2, 0.25) is 0 Å². The summed E-state index contributed by atoms with van der Waals surface area (Å²) >= 11 is 0. The molecule has 0 saturated carbocycles. The summed E-state index contributed by atoms with van der Waals surface area (Å²) in [5.41, 5.74) is 0.159. The summed E-state index contributed by atoms with van der Waals surface area (Å²) in [6.07, 6.45) is 1.87. The molecule has 146 valence electrons. The minimum absolute atomic E-state index is 0.0234.